The first kappa shape index (κ1) is 20.1. The normalized spacial score (nSPS) is 13.8. The van der Waals surface area contributed by atoms with E-state index in [1.54, 1.807) is 0 Å². The van der Waals surface area contributed by atoms with E-state index in [0.29, 0.717) is 13.2 Å². The van der Waals surface area contributed by atoms with Crippen LogP contribution in [0.4, 0.5) is 0 Å². The van der Waals surface area contributed by atoms with Crippen molar-refractivity contribution in [2.45, 2.75) is 19.6 Å². The van der Waals surface area contributed by atoms with Gasteiger partial charge in [0, 0.05) is 13.1 Å². The van der Waals surface area contributed by atoms with Gasteiger partial charge in [0.25, 0.3) is 0 Å². The van der Waals surface area contributed by atoms with Crippen molar-refractivity contribution >= 4 is 22.5 Å². The molecule has 0 N–H and O–H groups in total. The molecule has 32 heavy (non-hydrogen) atoms. The van der Waals surface area contributed by atoms with E-state index < -0.39 is 0 Å². The summed E-state index contributed by atoms with van der Waals surface area (Å²) in [5.41, 5.74) is 4.36. The second-order valence-electron chi connectivity index (χ2n) is 7.89. The lowest BCUT2D eigenvalue weighted by atomic mass is 9.99. The van der Waals surface area contributed by atoms with Crippen molar-refractivity contribution in [1.29, 1.82) is 0 Å². The van der Waals surface area contributed by atoms with Gasteiger partial charge in [0.15, 0.2) is 0 Å². The lowest BCUT2D eigenvalue weighted by Gasteiger charge is -2.27. The summed E-state index contributed by atoms with van der Waals surface area (Å²) in [6.45, 7) is 1.92. The molecule has 5 nitrogen and oxygen atoms in total. The van der Waals surface area contributed by atoms with E-state index >= 15 is 0 Å². The summed E-state index contributed by atoms with van der Waals surface area (Å²) in [6.07, 6.45) is 3.03. The van der Waals surface area contributed by atoms with Crippen LogP contribution in [0.2, 0.25) is 0 Å². The highest BCUT2D eigenvalue weighted by molar-refractivity contribution is 5.82. The topological polar surface area (TPSA) is 47.4 Å². The van der Waals surface area contributed by atoms with E-state index in [4.69, 9.17) is 9.72 Å². The quantitative estimate of drug-likeness (QED) is 0.442. The number of nitrogens with zero attached hydrogens (tertiary/aromatic N) is 3. The van der Waals surface area contributed by atoms with Crippen LogP contribution < -0.4 is 4.74 Å². The highest BCUT2D eigenvalue weighted by atomic mass is 16.5. The Morgan fingerprint density at radius 3 is 2.38 bits per heavy atom. The number of imidazole rings is 1. The zero-order chi connectivity index (χ0) is 21.8. The van der Waals surface area contributed by atoms with Gasteiger partial charge in [-0.25, -0.2) is 4.98 Å². The molecule has 5 rings (SSSR count). The summed E-state index contributed by atoms with van der Waals surface area (Å²) >= 11 is 0. The van der Waals surface area contributed by atoms with E-state index in [2.05, 4.69) is 30.3 Å². The molecule has 1 amide bonds. The van der Waals surface area contributed by atoms with Crippen LogP contribution in [0.3, 0.4) is 0 Å². The molecule has 160 valence electrons. The molecule has 3 aromatic carbocycles. The lowest BCUT2D eigenvalue weighted by Crippen LogP contribution is -2.37. The van der Waals surface area contributed by atoms with Gasteiger partial charge < -0.3 is 14.2 Å². The molecule has 0 fully saturated rings. The Morgan fingerprint density at radius 1 is 0.906 bits per heavy atom. The predicted octanol–water partition coefficient (Wildman–Crippen LogP) is 4.93. The summed E-state index contributed by atoms with van der Waals surface area (Å²) in [5, 5.41) is 0. The number of carbonyl (C=O) groups is 1. The summed E-state index contributed by atoms with van der Waals surface area (Å²) in [4.78, 5) is 19.8. The minimum atomic E-state index is 0.0949. The maximum absolute atomic E-state index is 13.2. The molecule has 0 spiro atoms. The molecule has 1 aliphatic heterocycles. The Hall–Kier alpha value is -3.86. The van der Waals surface area contributed by atoms with Crippen molar-refractivity contribution in [1.82, 2.24) is 14.5 Å². The number of rotatable bonds is 6. The zero-order valence-corrected chi connectivity index (χ0v) is 17.9. The maximum Gasteiger partial charge on any atom is 0.242 e. The van der Waals surface area contributed by atoms with Gasteiger partial charge in [-0.1, -0.05) is 66.7 Å². The lowest BCUT2D eigenvalue weighted by molar-refractivity contribution is -0.131. The van der Waals surface area contributed by atoms with Crippen LogP contribution in [0, 0.1) is 0 Å². The summed E-state index contributed by atoms with van der Waals surface area (Å²) in [6, 6.07) is 28.0. The number of ether oxygens (including phenoxy) is 1. The van der Waals surface area contributed by atoms with Crippen molar-refractivity contribution in [2.24, 2.45) is 0 Å². The van der Waals surface area contributed by atoms with Gasteiger partial charge in [-0.05, 0) is 41.8 Å². The predicted molar refractivity (Wildman–Crippen MR) is 126 cm³/mol. The molecular weight excluding hydrogens is 398 g/mol. The van der Waals surface area contributed by atoms with Gasteiger partial charge in [0.2, 0.25) is 5.91 Å². The number of hydrogen-bond acceptors (Lipinski definition) is 3. The molecule has 0 radical (unpaired) electrons. The van der Waals surface area contributed by atoms with Gasteiger partial charge in [-0.2, -0.15) is 0 Å². The highest BCUT2D eigenvalue weighted by Gasteiger charge is 2.21. The summed E-state index contributed by atoms with van der Waals surface area (Å²) in [5.74, 6) is 1.63. The fraction of sp³-hybridized carbons (Fsp3) is 0.185. The first-order chi connectivity index (χ1) is 15.8. The Bertz CT molecular complexity index is 1250. The van der Waals surface area contributed by atoms with Crippen molar-refractivity contribution in [3.8, 4) is 5.75 Å². The second-order valence-corrected chi connectivity index (χ2v) is 7.89. The summed E-state index contributed by atoms with van der Waals surface area (Å²) in [7, 11) is 0. The largest absolute Gasteiger partial charge is 0.486 e. The number of benzene rings is 3. The molecule has 1 aromatic heterocycles. The molecule has 4 aromatic rings. The van der Waals surface area contributed by atoms with Crippen molar-refractivity contribution in [3.05, 3.63) is 102 Å². The number of para-hydroxylation sites is 3. The van der Waals surface area contributed by atoms with Gasteiger partial charge in [-0.15, -0.1) is 0 Å². The van der Waals surface area contributed by atoms with Crippen molar-refractivity contribution in [2.75, 3.05) is 13.1 Å². The van der Waals surface area contributed by atoms with Crippen molar-refractivity contribution < 1.29 is 9.53 Å². The number of amides is 1. The molecular formula is C27H25N3O2. The molecule has 2 heterocycles. The van der Waals surface area contributed by atoms with Crippen LogP contribution in [0.15, 0.2) is 91.0 Å². The molecule has 0 atom stereocenters. The Labute approximate surface area is 187 Å². The number of hydrogen-bond donors (Lipinski definition) is 0. The molecule has 0 unspecified atom stereocenters. The minimum Gasteiger partial charge on any atom is -0.486 e. The van der Waals surface area contributed by atoms with Crippen LogP contribution in [0.5, 0.6) is 5.75 Å². The Balaban J connectivity index is 1.33. The average molecular weight is 424 g/mol. The number of fused-ring (bicyclic) bond motifs is 1. The van der Waals surface area contributed by atoms with E-state index in [1.165, 1.54) is 11.1 Å². The van der Waals surface area contributed by atoms with Crippen LogP contribution in [0.1, 0.15) is 17.8 Å². The Morgan fingerprint density at radius 2 is 1.62 bits per heavy atom. The van der Waals surface area contributed by atoms with Gasteiger partial charge in [-0.3, -0.25) is 4.79 Å². The van der Waals surface area contributed by atoms with Crippen molar-refractivity contribution in [3.63, 3.8) is 0 Å². The fourth-order valence-corrected chi connectivity index (χ4v) is 4.12. The third-order valence-electron chi connectivity index (χ3n) is 5.84. The monoisotopic (exact) mass is 423 g/mol. The minimum absolute atomic E-state index is 0.0949. The standard InChI is InChI=1S/C27H25N3O2/c31-27(29-17-15-22(16-18-29)21-9-3-1-4-10-21)19-30-25-14-8-7-13-24(25)28-26(30)20-32-23-11-5-2-6-12-23/h1-15H,16-20H2. The van der Waals surface area contributed by atoms with Crippen LogP contribution in [-0.2, 0) is 17.9 Å². The molecule has 0 bridgehead atoms. The van der Waals surface area contributed by atoms with E-state index in [-0.39, 0.29) is 12.5 Å². The summed E-state index contributed by atoms with van der Waals surface area (Å²) < 4.78 is 7.92. The fourth-order valence-electron chi connectivity index (χ4n) is 4.12. The number of aromatic nitrogens is 2. The average Bonchev–Trinajstić information content (AvgIpc) is 3.21. The molecule has 5 heteroatoms. The maximum atomic E-state index is 13.2. The third-order valence-corrected chi connectivity index (χ3v) is 5.84. The van der Waals surface area contributed by atoms with E-state index in [1.807, 2.05) is 70.1 Å². The molecule has 0 saturated carbocycles. The molecule has 0 aliphatic carbocycles. The smallest absolute Gasteiger partial charge is 0.242 e. The van der Waals surface area contributed by atoms with Crippen LogP contribution in [-0.4, -0.2) is 33.4 Å². The SMILES string of the molecule is O=C(Cn1c(COc2ccccc2)nc2ccccc21)N1CC=C(c2ccccc2)CC1. The molecule has 1 aliphatic rings. The van der Waals surface area contributed by atoms with E-state index in [9.17, 15) is 4.79 Å². The van der Waals surface area contributed by atoms with Gasteiger partial charge >= 0.3 is 0 Å². The van der Waals surface area contributed by atoms with Crippen LogP contribution in [0.25, 0.3) is 16.6 Å². The zero-order valence-electron chi connectivity index (χ0n) is 17.9. The van der Waals surface area contributed by atoms with Gasteiger partial charge in [0.1, 0.15) is 24.7 Å². The van der Waals surface area contributed by atoms with E-state index in [0.717, 1.165) is 35.6 Å². The third kappa shape index (κ3) is 4.28. The second kappa shape index (κ2) is 9.10. The first-order valence-electron chi connectivity index (χ1n) is 10.9. The van der Waals surface area contributed by atoms with Crippen LogP contribution >= 0.6 is 0 Å². The molecule has 0 saturated heterocycles. The Kier molecular flexibility index (Phi) is 5.71. The first-order valence-corrected chi connectivity index (χ1v) is 10.9. The van der Waals surface area contributed by atoms with Gasteiger partial charge in [0.05, 0.1) is 11.0 Å². The highest BCUT2D eigenvalue weighted by Crippen LogP contribution is 2.23. The number of carbonyl (C=O) groups excluding carboxylic acids is 1.